The molecule has 0 aliphatic rings. The van der Waals surface area contributed by atoms with E-state index in [4.69, 9.17) is 16.6 Å². The van der Waals surface area contributed by atoms with Crippen LogP contribution in [0.15, 0.2) is 0 Å². The smallest absolute Gasteiger partial charge is 0.326 e. The Morgan fingerprint density at radius 1 is 1.43 bits per heavy atom. The van der Waals surface area contributed by atoms with Crippen LogP contribution in [-0.2, 0) is 14.4 Å². The molecule has 0 saturated carbocycles. The number of carboxylic acid groups (broad SMARTS) is 1. The third-order valence-electron chi connectivity index (χ3n) is 1.43. The van der Waals surface area contributed by atoms with Gasteiger partial charge in [-0.3, -0.25) is 9.59 Å². The highest BCUT2D eigenvalue weighted by atomic mass is 16.4. The van der Waals surface area contributed by atoms with Gasteiger partial charge < -0.3 is 21.9 Å². The second-order valence-electron chi connectivity index (χ2n) is 2.86. The van der Waals surface area contributed by atoms with E-state index in [1.165, 1.54) is 6.92 Å². The van der Waals surface area contributed by atoms with Crippen LogP contribution < -0.4 is 16.8 Å². The minimum Gasteiger partial charge on any atom is -0.480 e. The standard InChI is InChI=1S/C7H13N3O4/c1-3(8)6(12)10-4(7(13)14)2-5(9)11/h3-4H,2,8H2,1H3,(H2,9,11)(H,10,12)(H,13,14)/t3?,4-/m0/s1. The monoisotopic (exact) mass is 203 g/mol. The molecule has 0 saturated heterocycles. The van der Waals surface area contributed by atoms with Gasteiger partial charge in [0.15, 0.2) is 0 Å². The zero-order chi connectivity index (χ0) is 11.3. The van der Waals surface area contributed by atoms with E-state index in [-0.39, 0.29) is 0 Å². The van der Waals surface area contributed by atoms with Crippen LogP contribution >= 0.6 is 0 Å². The Bertz CT molecular complexity index is 251. The lowest BCUT2D eigenvalue weighted by atomic mass is 10.2. The number of rotatable bonds is 5. The lowest BCUT2D eigenvalue weighted by Crippen LogP contribution is -2.48. The van der Waals surface area contributed by atoms with Gasteiger partial charge in [-0.15, -0.1) is 0 Å². The first-order valence-corrected chi connectivity index (χ1v) is 3.91. The second-order valence-corrected chi connectivity index (χ2v) is 2.86. The predicted octanol–water partition coefficient (Wildman–Crippen LogP) is -2.22. The molecule has 14 heavy (non-hydrogen) atoms. The van der Waals surface area contributed by atoms with Crippen molar-refractivity contribution in [1.29, 1.82) is 0 Å². The van der Waals surface area contributed by atoms with E-state index in [0.29, 0.717) is 0 Å². The van der Waals surface area contributed by atoms with Gasteiger partial charge in [-0.25, -0.2) is 4.79 Å². The quantitative estimate of drug-likeness (QED) is 0.401. The Morgan fingerprint density at radius 2 is 1.93 bits per heavy atom. The molecule has 2 amide bonds. The number of carboxylic acids is 1. The number of primary amides is 1. The van der Waals surface area contributed by atoms with Crippen molar-refractivity contribution >= 4 is 17.8 Å². The molecule has 0 spiro atoms. The topological polar surface area (TPSA) is 136 Å². The van der Waals surface area contributed by atoms with E-state index >= 15 is 0 Å². The lowest BCUT2D eigenvalue weighted by molar-refractivity contribution is -0.143. The summed E-state index contributed by atoms with van der Waals surface area (Å²) in [7, 11) is 0. The van der Waals surface area contributed by atoms with Crippen molar-refractivity contribution in [2.45, 2.75) is 25.4 Å². The fraction of sp³-hybridized carbons (Fsp3) is 0.571. The normalized spacial score (nSPS) is 14.1. The van der Waals surface area contributed by atoms with Crippen LogP contribution in [0.25, 0.3) is 0 Å². The summed E-state index contributed by atoms with van der Waals surface area (Å²) in [6.07, 6.45) is -0.451. The van der Waals surface area contributed by atoms with Gasteiger partial charge in [0.25, 0.3) is 0 Å². The van der Waals surface area contributed by atoms with Crippen molar-refractivity contribution in [3.63, 3.8) is 0 Å². The minimum absolute atomic E-state index is 0.451. The summed E-state index contributed by atoms with van der Waals surface area (Å²) in [5.74, 6) is -2.76. The third kappa shape index (κ3) is 4.41. The van der Waals surface area contributed by atoms with Gasteiger partial charge in [-0.05, 0) is 6.92 Å². The fourth-order valence-corrected chi connectivity index (χ4v) is 0.704. The second kappa shape index (κ2) is 5.18. The lowest BCUT2D eigenvalue weighted by Gasteiger charge is -2.14. The van der Waals surface area contributed by atoms with Gasteiger partial charge in [0, 0.05) is 0 Å². The molecule has 0 fully saturated rings. The van der Waals surface area contributed by atoms with Crippen molar-refractivity contribution in [3.05, 3.63) is 0 Å². The zero-order valence-electron chi connectivity index (χ0n) is 7.69. The number of hydrogen-bond donors (Lipinski definition) is 4. The fourth-order valence-electron chi connectivity index (χ4n) is 0.704. The van der Waals surface area contributed by atoms with Crippen molar-refractivity contribution < 1.29 is 19.5 Å². The van der Waals surface area contributed by atoms with Crippen molar-refractivity contribution in [2.75, 3.05) is 0 Å². The van der Waals surface area contributed by atoms with Gasteiger partial charge >= 0.3 is 5.97 Å². The molecule has 0 rings (SSSR count). The van der Waals surface area contributed by atoms with Crippen molar-refractivity contribution in [3.8, 4) is 0 Å². The summed E-state index contributed by atoms with van der Waals surface area (Å²) in [6, 6.07) is -2.14. The third-order valence-corrected chi connectivity index (χ3v) is 1.43. The molecule has 80 valence electrons. The number of nitrogens with two attached hydrogens (primary N) is 2. The maximum atomic E-state index is 11.0. The molecule has 0 aliphatic carbocycles. The highest BCUT2D eigenvalue weighted by molar-refractivity contribution is 5.89. The first-order chi connectivity index (χ1) is 6.34. The van der Waals surface area contributed by atoms with Crippen LogP contribution in [0, 0.1) is 0 Å². The molecule has 0 heterocycles. The van der Waals surface area contributed by atoms with E-state index < -0.39 is 36.3 Å². The maximum absolute atomic E-state index is 11.0. The van der Waals surface area contributed by atoms with Crippen molar-refractivity contribution in [2.24, 2.45) is 11.5 Å². The molecule has 2 atom stereocenters. The summed E-state index contributed by atoms with van der Waals surface area (Å²) < 4.78 is 0. The SMILES string of the molecule is CC(N)C(=O)N[C@@H](CC(N)=O)C(=O)O. The van der Waals surface area contributed by atoms with Gasteiger partial charge in [-0.2, -0.15) is 0 Å². The van der Waals surface area contributed by atoms with Crippen LogP contribution in [0.5, 0.6) is 0 Å². The van der Waals surface area contributed by atoms with Crippen LogP contribution in [0.1, 0.15) is 13.3 Å². The maximum Gasteiger partial charge on any atom is 0.326 e. The molecule has 0 aromatic rings. The number of nitrogens with one attached hydrogen (secondary N) is 1. The van der Waals surface area contributed by atoms with Crippen molar-refractivity contribution in [1.82, 2.24) is 5.32 Å². The predicted molar refractivity (Wildman–Crippen MR) is 47.0 cm³/mol. The van der Waals surface area contributed by atoms with E-state index in [9.17, 15) is 14.4 Å². The van der Waals surface area contributed by atoms with Crippen LogP contribution in [-0.4, -0.2) is 35.0 Å². The number of amides is 2. The molecule has 6 N–H and O–H groups in total. The summed E-state index contributed by atoms with van der Waals surface area (Å²) >= 11 is 0. The number of aliphatic carboxylic acids is 1. The zero-order valence-corrected chi connectivity index (χ0v) is 7.69. The molecule has 0 aliphatic heterocycles. The number of hydrogen-bond acceptors (Lipinski definition) is 4. The minimum atomic E-state index is -1.32. The molecule has 0 bridgehead atoms. The molecule has 0 aromatic heterocycles. The highest BCUT2D eigenvalue weighted by Crippen LogP contribution is 1.92. The molecule has 0 radical (unpaired) electrons. The summed E-state index contributed by atoms with van der Waals surface area (Å²) in [6.45, 7) is 1.40. The Labute approximate surface area is 80.4 Å². The molecule has 7 heteroatoms. The van der Waals surface area contributed by atoms with Crippen LogP contribution in [0.2, 0.25) is 0 Å². The molecule has 0 aromatic carbocycles. The van der Waals surface area contributed by atoms with E-state index in [1.807, 2.05) is 0 Å². The first kappa shape index (κ1) is 12.4. The average molecular weight is 203 g/mol. The van der Waals surface area contributed by atoms with E-state index in [2.05, 4.69) is 5.32 Å². The number of carbonyl (C=O) groups excluding carboxylic acids is 2. The van der Waals surface area contributed by atoms with E-state index in [0.717, 1.165) is 0 Å². The molecule has 7 nitrogen and oxygen atoms in total. The Morgan fingerprint density at radius 3 is 2.21 bits per heavy atom. The Kier molecular flexibility index (Phi) is 4.57. The first-order valence-electron chi connectivity index (χ1n) is 3.91. The van der Waals surface area contributed by atoms with E-state index in [1.54, 1.807) is 0 Å². The van der Waals surface area contributed by atoms with Crippen LogP contribution in [0.3, 0.4) is 0 Å². The Hall–Kier alpha value is -1.63. The Balaban J connectivity index is 4.31. The van der Waals surface area contributed by atoms with Gasteiger partial charge in [-0.1, -0.05) is 0 Å². The van der Waals surface area contributed by atoms with Gasteiger partial charge in [0.1, 0.15) is 6.04 Å². The summed E-state index contributed by atoms with van der Waals surface area (Å²) in [5.41, 5.74) is 9.99. The van der Waals surface area contributed by atoms with Gasteiger partial charge in [0.05, 0.1) is 12.5 Å². The van der Waals surface area contributed by atoms with Gasteiger partial charge in [0.2, 0.25) is 11.8 Å². The number of carbonyl (C=O) groups is 3. The highest BCUT2D eigenvalue weighted by Gasteiger charge is 2.23. The summed E-state index contributed by atoms with van der Waals surface area (Å²) in [5, 5.41) is 10.7. The van der Waals surface area contributed by atoms with Crippen LogP contribution in [0.4, 0.5) is 0 Å². The largest absolute Gasteiger partial charge is 0.480 e. The molecular weight excluding hydrogens is 190 g/mol. The average Bonchev–Trinajstić information content (AvgIpc) is 2.01. The molecular formula is C7H13N3O4. The molecule has 1 unspecified atom stereocenters. The summed E-state index contributed by atoms with van der Waals surface area (Å²) in [4.78, 5) is 32.0.